The fourth-order valence-corrected chi connectivity index (χ4v) is 4.66. The molecule has 7 nitrogen and oxygen atoms in total. The van der Waals surface area contributed by atoms with Crippen LogP contribution in [-0.4, -0.2) is 79.3 Å². The monoisotopic (exact) mass is 506 g/mol. The standard InChI is InChI=1S/C24H46N2O5S2/c1-4-5-6-7-8-9-10-11-12-13-14-15-23(28)33-31-20-17-26(16-19-30-22-27)24(29)32-21-18-25(2)3/h22H,4-21H2,1-3H3. The molecule has 0 saturated heterocycles. The van der Waals surface area contributed by atoms with Crippen molar-refractivity contribution in [3.05, 3.63) is 0 Å². The third-order valence-corrected chi connectivity index (χ3v) is 6.72. The van der Waals surface area contributed by atoms with Gasteiger partial charge in [-0.3, -0.25) is 14.4 Å². The van der Waals surface area contributed by atoms with Crippen molar-refractivity contribution in [1.29, 1.82) is 0 Å². The van der Waals surface area contributed by atoms with Crippen molar-refractivity contribution in [2.75, 3.05) is 52.7 Å². The summed E-state index contributed by atoms with van der Waals surface area (Å²) < 4.78 is 10.1. The number of unbranched alkanes of at least 4 members (excludes halogenated alkanes) is 10. The Bertz CT molecular complexity index is 495. The number of rotatable bonds is 23. The van der Waals surface area contributed by atoms with E-state index in [1.807, 2.05) is 19.0 Å². The molecular weight excluding hydrogens is 460 g/mol. The fourth-order valence-electron chi connectivity index (χ4n) is 3.14. The van der Waals surface area contributed by atoms with E-state index < -0.39 is 0 Å². The number of hydrogen-bond acceptors (Lipinski definition) is 8. The van der Waals surface area contributed by atoms with E-state index in [0.29, 0.717) is 31.7 Å². The first-order valence-electron chi connectivity index (χ1n) is 12.4. The largest absolute Gasteiger partial charge is 0.466 e. The lowest BCUT2D eigenvalue weighted by Gasteiger charge is -2.21. The fraction of sp³-hybridized carbons (Fsp3) is 0.875. The van der Waals surface area contributed by atoms with Gasteiger partial charge < -0.3 is 18.7 Å². The minimum Gasteiger partial charge on any atom is -0.466 e. The Balaban J connectivity index is 3.80. The number of amides is 1. The second-order valence-electron chi connectivity index (χ2n) is 8.43. The van der Waals surface area contributed by atoms with Gasteiger partial charge in [-0.1, -0.05) is 82.9 Å². The maximum Gasteiger partial charge on any atom is 0.293 e. The van der Waals surface area contributed by atoms with Crippen molar-refractivity contribution < 1.29 is 23.3 Å². The van der Waals surface area contributed by atoms with Crippen LogP contribution in [0.5, 0.6) is 0 Å². The number of hydrogen-bond donors (Lipinski definition) is 0. The van der Waals surface area contributed by atoms with Crippen molar-refractivity contribution >= 4 is 40.6 Å². The maximum absolute atomic E-state index is 12.4. The molecule has 33 heavy (non-hydrogen) atoms. The summed E-state index contributed by atoms with van der Waals surface area (Å²) in [5, 5.41) is -0.0410. The maximum atomic E-state index is 12.4. The predicted molar refractivity (Wildman–Crippen MR) is 140 cm³/mol. The minimum absolute atomic E-state index is 0.0356. The molecule has 0 aromatic carbocycles. The zero-order valence-corrected chi connectivity index (χ0v) is 22.7. The van der Waals surface area contributed by atoms with Crippen LogP contribution in [-0.2, 0) is 18.5 Å². The van der Waals surface area contributed by atoms with Crippen molar-refractivity contribution in [2.45, 2.75) is 84.0 Å². The summed E-state index contributed by atoms with van der Waals surface area (Å²) in [6.07, 6.45) is 14.4. The molecule has 0 radical (unpaired) electrons. The lowest BCUT2D eigenvalue weighted by Crippen LogP contribution is -2.34. The third-order valence-electron chi connectivity index (χ3n) is 5.15. The van der Waals surface area contributed by atoms with Gasteiger partial charge in [0.05, 0.1) is 25.2 Å². The van der Waals surface area contributed by atoms with Gasteiger partial charge in [-0.2, -0.15) is 0 Å². The summed E-state index contributed by atoms with van der Waals surface area (Å²) in [7, 11) is 3.92. The Morgan fingerprint density at radius 3 is 1.97 bits per heavy atom. The highest BCUT2D eigenvalue weighted by atomic mass is 32.2. The molecule has 0 aromatic heterocycles. The SMILES string of the molecule is CCCCCCCCCCCCCC(=O)SOCCN(CCOC=O)C(=O)SCCN(C)C. The molecule has 0 saturated carbocycles. The van der Waals surface area contributed by atoms with E-state index in [1.54, 1.807) is 4.90 Å². The Morgan fingerprint density at radius 1 is 0.818 bits per heavy atom. The summed E-state index contributed by atoms with van der Waals surface area (Å²) in [6.45, 7) is 4.50. The van der Waals surface area contributed by atoms with Crippen LogP contribution in [0.4, 0.5) is 4.79 Å². The van der Waals surface area contributed by atoms with Crippen LogP contribution in [0, 0.1) is 0 Å². The van der Waals surface area contributed by atoms with E-state index in [4.69, 9.17) is 8.92 Å². The molecule has 1 amide bonds. The summed E-state index contributed by atoms with van der Waals surface area (Å²) >= 11 is 2.12. The average Bonchev–Trinajstić information content (AvgIpc) is 2.78. The molecule has 0 aliphatic carbocycles. The van der Waals surface area contributed by atoms with Crippen LogP contribution >= 0.6 is 23.8 Å². The number of ether oxygens (including phenoxy) is 1. The molecule has 0 heterocycles. The van der Waals surface area contributed by atoms with Crippen molar-refractivity contribution in [1.82, 2.24) is 9.80 Å². The molecule has 194 valence electrons. The van der Waals surface area contributed by atoms with Gasteiger partial charge in [-0.15, -0.1) is 0 Å². The van der Waals surface area contributed by atoms with Crippen LogP contribution in [0.2, 0.25) is 0 Å². The van der Waals surface area contributed by atoms with E-state index in [0.717, 1.165) is 31.4 Å². The smallest absolute Gasteiger partial charge is 0.293 e. The topological polar surface area (TPSA) is 76.1 Å². The van der Waals surface area contributed by atoms with Crippen LogP contribution in [0.1, 0.15) is 84.0 Å². The highest BCUT2D eigenvalue weighted by molar-refractivity contribution is 8.13. The first-order valence-corrected chi connectivity index (χ1v) is 14.2. The van der Waals surface area contributed by atoms with Crippen molar-refractivity contribution in [3.8, 4) is 0 Å². The summed E-state index contributed by atoms with van der Waals surface area (Å²) in [6, 6.07) is 0. The quantitative estimate of drug-likeness (QED) is 0.0982. The van der Waals surface area contributed by atoms with Crippen LogP contribution in [0.3, 0.4) is 0 Å². The van der Waals surface area contributed by atoms with Gasteiger partial charge in [0.1, 0.15) is 6.61 Å². The van der Waals surface area contributed by atoms with Crippen molar-refractivity contribution in [3.63, 3.8) is 0 Å². The van der Waals surface area contributed by atoms with Crippen LogP contribution in [0.25, 0.3) is 0 Å². The normalized spacial score (nSPS) is 11.0. The molecule has 9 heteroatoms. The van der Waals surface area contributed by atoms with Gasteiger partial charge in [-0.05, 0) is 20.5 Å². The molecule has 0 unspecified atom stereocenters. The first kappa shape index (κ1) is 32.2. The molecule has 0 bridgehead atoms. The molecular formula is C24H46N2O5S2. The zero-order chi connectivity index (χ0) is 24.6. The second-order valence-corrected chi connectivity index (χ2v) is 10.3. The highest BCUT2D eigenvalue weighted by Gasteiger charge is 2.15. The van der Waals surface area contributed by atoms with Gasteiger partial charge in [0.2, 0.25) is 5.12 Å². The molecule has 0 fully saturated rings. The summed E-state index contributed by atoms with van der Waals surface area (Å²) in [4.78, 5) is 38.3. The minimum atomic E-state index is -0.0766. The summed E-state index contributed by atoms with van der Waals surface area (Å²) in [5.74, 6) is 0.684. The molecule has 0 atom stereocenters. The van der Waals surface area contributed by atoms with Gasteiger partial charge in [0.15, 0.2) is 0 Å². The molecule has 0 aliphatic heterocycles. The number of carbonyl (C=O) groups excluding carboxylic acids is 3. The third kappa shape index (κ3) is 22.8. The Kier molecular flexibility index (Phi) is 23.8. The van der Waals surface area contributed by atoms with Crippen molar-refractivity contribution in [2.24, 2.45) is 0 Å². The van der Waals surface area contributed by atoms with Gasteiger partial charge in [-0.25, -0.2) is 0 Å². The summed E-state index contributed by atoms with van der Waals surface area (Å²) in [5.41, 5.74) is 0. The number of thioether (sulfide) groups is 1. The highest BCUT2D eigenvalue weighted by Crippen LogP contribution is 2.15. The van der Waals surface area contributed by atoms with Crippen LogP contribution < -0.4 is 0 Å². The predicted octanol–water partition coefficient (Wildman–Crippen LogP) is 5.77. The van der Waals surface area contributed by atoms with E-state index in [-0.39, 0.29) is 23.6 Å². The number of carbonyl (C=O) groups is 3. The second kappa shape index (κ2) is 24.4. The van der Waals surface area contributed by atoms with E-state index in [1.165, 1.54) is 69.5 Å². The molecule has 0 spiro atoms. The average molecular weight is 507 g/mol. The molecule has 0 rings (SSSR count). The van der Waals surface area contributed by atoms with Gasteiger partial charge in [0.25, 0.3) is 11.7 Å². The van der Waals surface area contributed by atoms with Gasteiger partial charge in [0, 0.05) is 25.3 Å². The van der Waals surface area contributed by atoms with Crippen LogP contribution in [0.15, 0.2) is 0 Å². The van der Waals surface area contributed by atoms with E-state index in [2.05, 4.69) is 6.92 Å². The number of nitrogens with zero attached hydrogens (tertiary/aromatic N) is 2. The Morgan fingerprint density at radius 2 is 1.39 bits per heavy atom. The Labute approximate surface area is 210 Å². The lowest BCUT2D eigenvalue weighted by atomic mass is 10.1. The molecule has 0 N–H and O–H groups in total. The first-order chi connectivity index (χ1) is 16.0. The van der Waals surface area contributed by atoms with E-state index >= 15 is 0 Å². The molecule has 0 aliphatic rings. The molecule has 0 aromatic rings. The van der Waals surface area contributed by atoms with E-state index in [9.17, 15) is 14.4 Å². The lowest BCUT2D eigenvalue weighted by molar-refractivity contribution is -0.128. The van der Waals surface area contributed by atoms with Gasteiger partial charge >= 0.3 is 0 Å². The zero-order valence-electron chi connectivity index (χ0n) is 21.1. The Hall–Kier alpha value is -0.770.